The standard InChI is InChI=1S/C17H22BrN3/c1-11-4-2-3-5-12(11)9-21-17-14-8-13(18)6-7-16(14)20-10-15(17)19/h6-8,10-12H,2-5,9,19H2,1H3,(H,20,21). The molecule has 1 aliphatic rings. The number of aromatic nitrogens is 1. The van der Waals surface area contributed by atoms with Crippen LogP contribution in [0.2, 0.25) is 0 Å². The van der Waals surface area contributed by atoms with Crippen molar-refractivity contribution >= 4 is 38.2 Å². The van der Waals surface area contributed by atoms with Crippen LogP contribution in [0.25, 0.3) is 10.9 Å². The van der Waals surface area contributed by atoms with Crippen molar-refractivity contribution in [2.45, 2.75) is 32.6 Å². The maximum atomic E-state index is 6.15. The summed E-state index contributed by atoms with van der Waals surface area (Å²) in [6, 6.07) is 6.12. The van der Waals surface area contributed by atoms with E-state index in [1.807, 2.05) is 12.1 Å². The zero-order chi connectivity index (χ0) is 14.8. The Hall–Kier alpha value is -1.29. The zero-order valence-electron chi connectivity index (χ0n) is 12.4. The van der Waals surface area contributed by atoms with E-state index in [0.29, 0.717) is 0 Å². The van der Waals surface area contributed by atoms with Crippen molar-refractivity contribution in [3.05, 3.63) is 28.9 Å². The molecule has 2 unspecified atom stereocenters. The van der Waals surface area contributed by atoms with Crippen molar-refractivity contribution in [2.75, 3.05) is 17.6 Å². The van der Waals surface area contributed by atoms with Gasteiger partial charge in [-0.1, -0.05) is 42.1 Å². The van der Waals surface area contributed by atoms with Crippen molar-refractivity contribution in [2.24, 2.45) is 11.8 Å². The number of nitrogen functional groups attached to an aromatic ring is 1. The summed E-state index contributed by atoms with van der Waals surface area (Å²) in [5, 5.41) is 4.69. The van der Waals surface area contributed by atoms with Gasteiger partial charge in [0.05, 0.1) is 23.1 Å². The highest BCUT2D eigenvalue weighted by atomic mass is 79.9. The second-order valence-corrected chi connectivity index (χ2v) is 7.07. The summed E-state index contributed by atoms with van der Waals surface area (Å²) in [7, 11) is 0. The van der Waals surface area contributed by atoms with Crippen molar-refractivity contribution < 1.29 is 0 Å². The number of hydrogen-bond acceptors (Lipinski definition) is 3. The maximum absolute atomic E-state index is 6.15. The van der Waals surface area contributed by atoms with Crippen LogP contribution in [-0.2, 0) is 0 Å². The molecule has 3 N–H and O–H groups in total. The number of nitrogens with two attached hydrogens (primary N) is 1. The third-order valence-corrected chi connectivity index (χ3v) is 5.18. The highest BCUT2D eigenvalue weighted by molar-refractivity contribution is 9.10. The highest BCUT2D eigenvalue weighted by Gasteiger charge is 2.21. The number of nitrogens with zero attached hydrogens (tertiary/aromatic N) is 1. The van der Waals surface area contributed by atoms with Crippen LogP contribution in [0.3, 0.4) is 0 Å². The van der Waals surface area contributed by atoms with E-state index >= 15 is 0 Å². The minimum absolute atomic E-state index is 0.726. The molecule has 21 heavy (non-hydrogen) atoms. The van der Waals surface area contributed by atoms with Crippen LogP contribution >= 0.6 is 15.9 Å². The lowest BCUT2D eigenvalue weighted by molar-refractivity contribution is 0.269. The molecule has 1 saturated carbocycles. The second-order valence-electron chi connectivity index (χ2n) is 6.15. The normalized spacial score (nSPS) is 22.4. The number of benzene rings is 1. The Labute approximate surface area is 134 Å². The summed E-state index contributed by atoms with van der Waals surface area (Å²) in [6.07, 6.45) is 7.16. The SMILES string of the molecule is CC1CCCCC1CNc1c(N)cnc2ccc(Br)cc12. The highest BCUT2D eigenvalue weighted by Crippen LogP contribution is 2.33. The van der Waals surface area contributed by atoms with Crippen molar-refractivity contribution in [1.82, 2.24) is 4.98 Å². The Bertz CT molecular complexity index is 636. The molecular formula is C17H22BrN3. The van der Waals surface area contributed by atoms with Gasteiger partial charge < -0.3 is 11.1 Å². The number of rotatable bonds is 3. The molecule has 0 bridgehead atoms. The quantitative estimate of drug-likeness (QED) is 0.836. The Morgan fingerprint density at radius 3 is 2.95 bits per heavy atom. The van der Waals surface area contributed by atoms with E-state index in [1.165, 1.54) is 25.7 Å². The average molecular weight is 348 g/mol. The van der Waals surface area contributed by atoms with Crippen LogP contribution in [0.15, 0.2) is 28.9 Å². The number of pyridine rings is 1. The molecule has 2 aromatic rings. The number of nitrogens with one attached hydrogen (secondary N) is 1. The van der Waals surface area contributed by atoms with Gasteiger partial charge in [0.2, 0.25) is 0 Å². The van der Waals surface area contributed by atoms with E-state index in [4.69, 9.17) is 5.73 Å². The summed E-state index contributed by atoms with van der Waals surface area (Å²) < 4.78 is 1.05. The Balaban J connectivity index is 1.85. The minimum atomic E-state index is 0.726. The Morgan fingerprint density at radius 2 is 2.14 bits per heavy atom. The summed E-state index contributed by atoms with van der Waals surface area (Å²) in [5.74, 6) is 1.54. The van der Waals surface area contributed by atoms with Gasteiger partial charge in [-0.25, -0.2) is 0 Å². The van der Waals surface area contributed by atoms with Crippen molar-refractivity contribution in [3.8, 4) is 0 Å². The molecule has 0 radical (unpaired) electrons. The summed E-state index contributed by atoms with van der Waals surface area (Å²) >= 11 is 3.53. The molecule has 0 spiro atoms. The van der Waals surface area contributed by atoms with E-state index in [9.17, 15) is 0 Å². The first-order valence-corrected chi connectivity index (χ1v) is 8.52. The fourth-order valence-corrected chi connectivity index (χ4v) is 3.67. The Kier molecular flexibility index (Phi) is 4.34. The van der Waals surface area contributed by atoms with E-state index in [0.717, 1.165) is 45.1 Å². The fourth-order valence-electron chi connectivity index (χ4n) is 3.31. The molecular weight excluding hydrogens is 326 g/mol. The largest absolute Gasteiger partial charge is 0.396 e. The molecule has 3 nitrogen and oxygen atoms in total. The molecule has 1 heterocycles. The molecule has 1 fully saturated rings. The number of halogens is 1. The molecule has 1 aliphatic carbocycles. The third-order valence-electron chi connectivity index (χ3n) is 4.69. The van der Waals surface area contributed by atoms with Crippen LogP contribution in [0, 0.1) is 11.8 Å². The van der Waals surface area contributed by atoms with Crippen LogP contribution in [-0.4, -0.2) is 11.5 Å². The van der Waals surface area contributed by atoms with Crippen molar-refractivity contribution in [1.29, 1.82) is 0 Å². The smallest absolute Gasteiger partial charge is 0.0743 e. The van der Waals surface area contributed by atoms with E-state index in [1.54, 1.807) is 6.20 Å². The number of fused-ring (bicyclic) bond motifs is 1. The molecule has 112 valence electrons. The molecule has 4 heteroatoms. The fraction of sp³-hybridized carbons (Fsp3) is 0.471. The van der Waals surface area contributed by atoms with Gasteiger partial charge in [-0.3, -0.25) is 4.98 Å². The minimum Gasteiger partial charge on any atom is -0.396 e. The molecule has 0 saturated heterocycles. The monoisotopic (exact) mass is 347 g/mol. The zero-order valence-corrected chi connectivity index (χ0v) is 14.0. The van der Waals surface area contributed by atoms with Crippen LogP contribution in [0.4, 0.5) is 11.4 Å². The van der Waals surface area contributed by atoms with Crippen LogP contribution < -0.4 is 11.1 Å². The topological polar surface area (TPSA) is 50.9 Å². The summed E-state index contributed by atoms with van der Waals surface area (Å²) in [6.45, 7) is 3.37. The predicted molar refractivity (Wildman–Crippen MR) is 93.5 cm³/mol. The van der Waals surface area contributed by atoms with Gasteiger partial charge in [-0.05, 0) is 36.5 Å². The van der Waals surface area contributed by atoms with Gasteiger partial charge in [-0.2, -0.15) is 0 Å². The van der Waals surface area contributed by atoms with Crippen molar-refractivity contribution in [3.63, 3.8) is 0 Å². The average Bonchev–Trinajstić information content (AvgIpc) is 2.48. The first kappa shape index (κ1) is 14.6. The van der Waals surface area contributed by atoms with Gasteiger partial charge in [0.15, 0.2) is 0 Å². The third kappa shape index (κ3) is 3.15. The first-order chi connectivity index (χ1) is 10.1. The molecule has 1 aromatic heterocycles. The van der Waals surface area contributed by atoms with E-state index in [2.05, 4.69) is 39.2 Å². The van der Waals surface area contributed by atoms with E-state index in [-0.39, 0.29) is 0 Å². The second kappa shape index (κ2) is 6.22. The molecule has 3 rings (SSSR count). The number of hydrogen-bond donors (Lipinski definition) is 2. The predicted octanol–water partition coefficient (Wildman–Crippen LogP) is 4.82. The lowest BCUT2D eigenvalue weighted by Gasteiger charge is -2.29. The maximum Gasteiger partial charge on any atom is 0.0743 e. The van der Waals surface area contributed by atoms with Crippen LogP contribution in [0.1, 0.15) is 32.6 Å². The lowest BCUT2D eigenvalue weighted by Crippen LogP contribution is -2.24. The van der Waals surface area contributed by atoms with Gasteiger partial charge in [-0.15, -0.1) is 0 Å². The molecule has 1 aromatic carbocycles. The molecule has 2 atom stereocenters. The first-order valence-electron chi connectivity index (χ1n) is 7.73. The Morgan fingerprint density at radius 1 is 1.33 bits per heavy atom. The number of anilines is 2. The van der Waals surface area contributed by atoms with Crippen LogP contribution in [0.5, 0.6) is 0 Å². The van der Waals surface area contributed by atoms with E-state index < -0.39 is 0 Å². The van der Waals surface area contributed by atoms with Gasteiger partial charge in [0.25, 0.3) is 0 Å². The van der Waals surface area contributed by atoms with Gasteiger partial charge >= 0.3 is 0 Å². The molecule has 0 amide bonds. The van der Waals surface area contributed by atoms with Gasteiger partial charge in [0, 0.05) is 16.4 Å². The lowest BCUT2D eigenvalue weighted by atomic mass is 9.80. The molecule has 0 aliphatic heterocycles. The summed E-state index contributed by atoms with van der Waals surface area (Å²) in [4.78, 5) is 4.41. The van der Waals surface area contributed by atoms with Gasteiger partial charge in [0.1, 0.15) is 0 Å². The summed E-state index contributed by atoms with van der Waals surface area (Å²) in [5.41, 5.74) is 8.88.